The molecule has 2 unspecified atom stereocenters. The van der Waals surface area contributed by atoms with Crippen molar-refractivity contribution in [2.75, 3.05) is 18.6 Å². The molecule has 0 fully saturated rings. The van der Waals surface area contributed by atoms with E-state index >= 15 is 0 Å². The minimum atomic E-state index is -0.662. The Morgan fingerprint density at radius 2 is 1.88 bits per heavy atom. The lowest BCUT2D eigenvalue weighted by molar-refractivity contribution is 0.0851. The molecule has 0 saturated carbocycles. The highest BCUT2D eigenvalue weighted by Crippen LogP contribution is 2.16. The van der Waals surface area contributed by atoms with E-state index in [4.69, 9.17) is 15.3 Å². The minimum Gasteiger partial charge on any atom is -0.491 e. The average Bonchev–Trinajstić information content (AvgIpc) is 2.60. The molecule has 2 rings (SSSR count). The molecule has 8 nitrogen and oxygen atoms in total. The maximum Gasteiger partial charge on any atom is 0.235 e. The molecule has 26 heavy (non-hydrogen) atoms. The molecule has 146 valence electrons. The Kier molecular flexibility index (Phi) is 11.6. The number of aromatic nitrogens is 2. The third-order valence-electron chi connectivity index (χ3n) is 3.25. The van der Waals surface area contributed by atoms with Gasteiger partial charge in [0.25, 0.3) is 0 Å². The lowest BCUT2D eigenvalue weighted by atomic mass is 10.2. The van der Waals surface area contributed by atoms with Crippen molar-refractivity contribution in [3.8, 4) is 11.6 Å². The van der Waals surface area contributed by atoms with Gasteiger partial charge in [-0.1, -0.05) is 18.2 Å². The van der Waals surface area contributed by atoms with Crippen LogP contribution in [0.1, 0.15) is 12.5 Å². The van der Waals surface area contributed by atoms with Gasteiger partial charge in [0, 0.05) is 12.6 Å². The molecule has 0 aliphatic rings. The van der Waals surface area contributed by atoms with Gasteiger partial charge in [0.1, 0.15) is 24.7 Å². The van der Waals surface area contributed by atoms with Crippen molar-refractivity contribution < 1.29 is 14.6 Å². The van der Waals surface area contributed by atoms with Crippen LogP contribution in [0.4, 0.5) is 5.82 Å². The highest BCUT2D eigenvalue weighted by atomic mass is 35.5. The van der Waals surface area contributed by atoms with Gasteiger partial charge >= 0.3 is 0 Å². The molecule has 2 atom stereocenters. The van der Waals surface area contributed by atoms with E-state index in [2.05, 4.69) is 20.9 Å². The van der Waals surface area contributed by atoms with Gasteiger partial charge in [0.2, 0.25) is 5.88 Å². The van der Waals surface area contributed by atoms with Crippen molar-refractivity contribution in [3.63, 3.8) is 0 Å². The van der Waals surface area contributed by atoms with Crippen molar-refractivity contribution >= 4 is 30.6 Å². The van der Waals surface area contributed by atoms with Crippen LogP contribution in [0.5, 0.6) is 11.6 Å². The predicted octanol–water partition coefficient (Wildman–Crippen LogP) is 1.67. The number of aryl methyl sites for hydroxylation is 1. The fourth-order valence-electron chi connectivity index (χ4n) is 1.95. The molecule has 1 heterocycles. The molecule has 0 spiro atoms. The average molecular weight is 406 g/mol. The Bertz CT molecular complexity index is 634. The number of halogens is 2. The Hall–Kier alpha value is -1.84. The number of nitrogens with zero attached hydrogens (tertiary/aromatic N) is 2. The van der Waals surface area contributed by atoms with Crippen molar-refractivity contribution in [2.45, 2.75) is 26.2 Å². The number of hydrogen-bond donors (Lipinski definition) is 4. The number of hydrazine groups is 1. The summed E-state index contributed by atoms with van der Waals surface area (Å²) < 4.78 is 11.1. The molecule has 1 aromatic carbocycles. The number of rotatable bonds is 9. The van der Waals surface area contributed by atoms with Crippen LogP contribution in [0, 0.1) is 6.92 Å². The summed E-state index contributed by atoms with van der Waals surface area (Å²) in [6.45, 7) is 4.29. The number of nitrogens with two attached hydrogens (primary N) is 1. The van der Waals surface area contributed by atoms with E-state index in [0.29, 0.717) is 18.2 Å². The number of para-hydroxylation sites is 1. The fraction of sp³-hybridized carbons (Fsp3) is 0.375. The van der Waals surface area contributed by atoms with Crippen LogP contribution in [-0.2, 0) is 0 Å². The zero-order valence-corrected chi connectivity index (χ0v) is 16.2. The second-order valence-electron chi connectivity index (χ2n) is 5.30. The first-order valence-electron chi connectivity index (χ1n) is 7.65. The summed E-state index contributed by atoms with van der Waals surface area (Å²) in [5, 5.41) is 20.7. The Labute approximate surface area is 165 Å². The zero-order chi connectivity index (χ0) is 17.4. The van der Waals surface area contributed by atoms with Crippen LogP contribution in [0.25, 0.3) is 0 Å². The molecule has 0 aliphatic carbocycles. The van der Waals surface area contributed by atoms with E-state index in [1.54, 1.807) is 12.1 Å². The molecule has 0 saturated heterocycles. The van der Waals surface area contributed by atoms with Crippen LogP contribution < -0.4 is 26.1 Å². The number of anilines is 1. The molecular weight excluding hydrogens is 381 g/mol. The topological polar surface area (TPSA) is 115 Å². The van der Waals surface area contributed by atoms with E-state index in [1.807, 2.05) is 38.1 Å². The van der Waals surface area contributed by atoms with E-state index in [0.717, 1.165) is 11.3 Å². The quantitative estimate of drug-likeness (QED) is 0.283. The highest BCUT2D eigenvalue weighted by molar-refractivity contribution is 5.85. The third kappa shape index (κ3) is 8.03. The lowest BCUT2D eigenvalue weighted by Gasteiger charge is -2.18. The fourth-order valence-corrected chi connectivity index (χ4v) is 1.95. The molecule has 5 N–H and O–H groups in total. The maximum atomic E-state index is 9.99. The van der Waals surface area contributed by atoms with Crippen LogP contribution in [0.2, 0.25) is 0 Å². The van der Waals surface area contributed by atoms with Gasteiger partial charge in [-0.05, 0) is 31.5 Å². The summed E-state index contributed by atoms with van der Waals surface area (Å²) in [5.41, 5.74) is 3.42. The molecule has 0 bridgehead atoms. The monoisotopic (exact) mass is 405 g/mol. The van der Waals surface area contributed by atoms with Crippen LogP contribution in [-0.4, -0.2) is 40.8 Å². The van der Waals surface area contributed by atoms with Crippen LogP contribution >= 0.6 is 24.8 Å². The van der Waals surface area contributed by atoms with E-state index in [1.165, 1.54) is 0 Å². The highest BCUT2D eigenvalue weighted by Gasteiger charge is 2.10. The van der Waals surface area contributed by atoms with E-state index in [9.17, 15) is 5.11 Å². The summed E-state index contributed by atoms with van der Waals surface area (Å²) in [4.78, 5) is 0. The van der Waals surface area contributed by atoms with Gasteiger partial charge < -0.3 is 20.0 Å². The lowest BCUT2D eigenvalue weighted by Crippen LogP contribution is -2.39. The summed E-state index contributed by atoms with van der Waals surface area (Å²) in [7, 11) is 0. The summed E-state index contributed by atoms with van der Waals surface area (Å²) in [6, 6.07) is 11.0. The Morgan fingerprint density at radius 1 is 1.15 bits per heavy atom. The van der Waals surface area contributed by atoms with Crippen molar-refractivity contribution in [1.82, 2.24) is 15.5 Å². The van der Waals surface area contributed by atoms with Crippen molar-refractivity contribution in [3.05, 3.63) is 42.0 Å². The summed E-state index contributed by atoms with van der Waals surface area (Å²) >= 11 is 0. The standard InChI is InChI=1S/C16H23N5O3.2ClH/c1-11-5-3-4-6-14(11)23-10-13(22)9-18-12(2)24-16-8-7-15(19-17)20-21-16;;/h3-8,12-13,18,22H,9-10,17H2,1-2H3,(H,19,20);2*1H. The summed E-state index contributed by atoms with van der Waals surface area (Å²) in [5.74, 6) is 6.80. The molecule has 0 aliphatic heterocycles. The van der Waals surface area contributed by atoms with Crippen LogP contribution in [0.3, 0.4) is 0 Å². The second kappa shape index (κ2) is 12.5. The van der Waals surface area contributed by atoms with Gasteiger partial charge in [-0.2, -0.15) is 0 Å². The van der Waals surface area contributed by atoms with E-state index in [-0.39, 0.29) is 37.6 Å². The Morgan fingerprint density at radius 3 is 2.50 bits per heavy atom. The molecule has 10 heteroatoms. The normalized spacial score (nSPS) is 12.2. The number of hydrogen-bond acceptors (Lipinski definition) is 8. The maximum absolute atomic E-state index is 9.99. The number of nitrogens with one attached hydrogen (secondary N) is 2. The van der Waals surface area contributed by atoms with Gasteiger partial charge in [-0.15, -0.1) is 35.0 Å². The first-order valence-corrected chi connectivity index (χ1v) is 7.65. The van der Waals surface area contributed by atoms with E-state index < -0.39 is 6.10 Å². The SMILES string of the molecule is Cc1ccccc1OCC(O)CNC(C)Oc1ccc(NN)nn1.Cl.Cl. The summed E-state index contributed by atoms with van der Waals surface area (Å²) in [6.07, 6.45) is -1.00. The van der Waals surface area contributed by atoms with Gasteiger partial charge in [0.15, 0.2) is 5.82 Å². The van der Waals surface area contributed by atoms with Gasteiger partial charge in [0.05, 0.1) is 0 Å². The first-order chi connectivity index (χ1) is 11.6. The Balaban J connectivity index is 0.00000312. The van der Waals surface area contributed by atoms with Gasteiger partial charge in [-0.25, -0.2) is 5.84 Å². The minimum absolute atomic E-state index is 0. The van der Waals surface area contributed by atoms with Crippen molar-refractivity contribution in [1.29, 1.82) is 0 Å². The number of nitrogen functional groups attached to an aromatic ring is 1. The van der Waals surface area contributed by atoms with Crippen LogP contribution in [0.15, 0.2) is 36.4 Å². The molecule has 0 radical (unpaired) electrons. The molecule has 2 aromatic rings. The molecule has 0 amide bonds. The molecular formula is C16H25Cl2N5O3. The largest absolute Gasteiger partial charge is 0.491 e. The number of aliphatic hydroxyl groups excluding tert-OH is 1. The predicted molar refractivity (Wildman–Crippen MR) is 105 cm³/mol. The number of aliphatic hydroxyl groups is 1. The van der Waals surface area contributed by atoms with Crippen molar-refractivity contribution in [2.24, 2.45) is 5.84 Å². The smallest absolute Gasteiger partial charge is 0.235 e. The van der Waals surface area contributed by atoms with Gasteiger partial charge in [-0.3, -0.25) is 5.32 Å². The molecule has 1 aromatic heterocycles. The third-order valence-corrected chi connectivity index (χ3v) is 3.25. The number of ether oxygens (including phenoxy) is 2. The first kappa shape index (κ1) is 24.2. The zero-order valence-electron chi connectivity index (χ0n) is 14.6. The second-order valence-corrected chi connectivity index (χ2v) is 5.30. The number of benzene rings is 1.